The maximum atomic E-state index is 12.3. The molecule has 1 saturated carbocycles. The van der Waals surface area contributed by atoms with E-state index in [0.29, 0.717) is 5.82 Å². The minimum Gasteiger partial charge on any atom is -0.328 e. The number of urea groups is 1. The van der Waals surface area contributed by atoms with Crippen LogP contribution in [0.25, 0.3) is 0 Å². The first-order chi connectivity index (χ1) is 10.3. The molecule has 2 amide bonds. The van der Waals surface area contributed by atoms with Gasteiger partial charge in [0.1, 0.15) is 0 Å². The second kappa shape index (κ2) is 5.91. The number of hydrogen-bond acceptors (Lipinski definition) is 3. The number of benzene rings is 1. The smallest absolute Gasteiger partial charge is 0.321 e. The molecule has 108 valence electrons. The van der Waals surface area contributed by atoms with Gasteiger partial charge in [0.2, 0.25) is 0 Å². The van der Waals surface area contributed by atoms with E-state index in [4.69, 9.17) is 0 Å². The lowest BCUT2D eigenvalue weighted by Gasteiger charge is -2.31. The van der Waals surface area contributed by atoms with Crippen LogP contribution in [-0.4, -0.2) is 16.0 Å². The van der Waals surface area contributed by atoms with Gasteiger partial charge < -0.3 is 5.32 Å². The highest BCUT2D eigenvalue weighted by Crippen LogP contribution is 2.38. The van der Waals surface area contributed by atoms with E-state index in [1.165, 1.54) is 6.20 Å². The molecule has 1 aliphatic rings. The molecule has 2 N–H and O–H groups in total. The lowest BCUT2D eigenvalue weighted by molar-refractivity contribution is 0.236. The summed E-state index contributed by atoms with van der Waals surface area (Å²) < 4.78 is 0. The van der Waals surface area contributed by atoms with Crippen molar-refractivity contribution in [2.75, 3.05) is 5.32 Å². The SMILES string of the molecule is O=C(Nc1cnccn1)NC1(c2ccccc2)CCCC1. The Morgan fingerprint density at radius 3 is 2.52 bits per heavy atom. The van der Waals surface area contributed by atoms with Gasteiger partial charge in [-0.05, 0) is 18.4 Å². The normalized spacial score (nSPS) is 16.4. The van der Waals surface area contributed by atoms with Crippen LogP contribution < -0.4 is 10.6 Å². The molecule has 1 aromatic carbocycles. The summed E-state index contributed by atoms with van der Waals surface area (Å²) in [6.45, 7) is 0. The lowest BCUT2D eigenvalue weighted by atomic mass is 9.88. The molecule has 21 heavy (non-hydrogen) atoms. The van der Waals surface area contributed by atoms with Crippen LogP contribution in [-0.2, 0) is 5.54 Å². The average Bonchev–Trinajstić information content (AvgIpc) is 2.99. The van der Waals surface area contributed by atoms with Crippen molar-refractivity contribution in [3.8, 4) is 0 Å². The largest absolute Gasteiger partial charge is 0.328 e. The molecule has 0 spiro atoms. The number of carbonyl (C=O) groups is 1. The Bertz CT molecular complexity index is 594. The zero-order valence-corrected chi connectivity index (χ0v) is 11.7. The van der Waals surface area contributed by atoms with E-state index in [1.54, 1.807) is 12.4 Å². The number of amides is 2. The van der Waals surface area contributed by atoms with Crippen molar-refractivity contribution >= 4 is 11.8 Å². The van der Waals surface area contributed by atoms with Gasteiger partial charge in [0.25, 0.3) is 0 Å². The number of nitrogens with zero attached hydrogens (tertiary/aromatic N) is 2. The summed E-state index contributed by atoms with van der Waals surface area (Å²) in [7, 11) is 0. The molecule has 1 aromatic heterocycles. The Morgan fingerprint density at radius 1 is 1.10 bits per heavy atom. The molecular formula is C16H18N4O. The van der Waals surface area contributed by atoms with Gasteiger partial charge in [0.05, 0.1) is 11.7 Å². The van der Waals surface area contributed by atoms with Crippen LogP contribution in [0.1, 0.15) is 31.2 Å². The molecule has 0 radical (unpaired) electrons. The summed E-state index contributed by atoms with van der Waals surface area (Å²) in [6.07, 6.45) is 8.84. The van der Waals surface area contributed by atoms with Crippen LogP contribution >= 0.6 is 0 Å². The summed E-state index contributed by atoms with van der Waals surface area (Å²) in [4.78, 5) is 20.3. The fourth-order valence-electron chi connectivity index (χ4n) is 2.95. The zero-order valence-electron chi connectivity index (χ0n) is 11.7. The van der Waals surface area contributed by atoms with E-state index in [1.807, 2.05) is 18.2 Å². The quantitative estimate of drug-likeness (QED) is 0.909. The average molecular weight is 282 g/mol. The highest BCUT2D eigenvalue weighted by atomic mass is 16.2. The Balaban J connectivity index is 1.75. The molecule has 3 rings (SSSR count). The number of aromatic nitrogens is 2. The number of rotatable bonds is 3. The molecule has 1 fully saturated rings. The van der Waals surface area contributed by atoms with Crippen molar-refractivity contribution in [3.05, 3.63) is 54.5 Å². The van der Waals surface area contributed by atoms with Gasteiger partial charge in [0, 0.05) is 12.4 Å². The van der Waals surface area contributed by atoms with E-state index in [9.17, 15) is 4.79 Å². The van der Waals surface area contributed by atoms with E-state index in [-0.39, 0.29) is 11.6 Å². The Labute approximate surface area is 123 Å². The van der Waals surface area contributed by atoms with Gasteiger partial charge in [-0.25, -0.2) is 9.78 Å². The number of nitrogens with one attached hydrogen (secondary N) is 2. The van der Waals surface area contributed by atoms with Gasteiger partial charge in [-0.1, -0.05) is 43.2 Å². The first-order valence-corrected chi connectivity index (χ1v) is 7.19. The second-order valence-corrected chi connectivity index (χ2v) is 5.33. The molecule has 0 aliphatic heterocycles. The summed E-state index contributed by atoms with van der Waals surface area (Å²) >= 11 is 0. The highest BCUT2D eigenvalue weighted by Gasteiger charge is 2.36. The fraction of sp³-hybridized carbons (Fsp3) is 0.312. The van der Waals surface area contributed by atoms with E-state index >= 15 is 0 Å². The number of hydrogen-bond donors (Lipinski definition) is 2. The van der Waals surface area contributed by atoms with Crippen molar-refractivity contribution in [2.45, 2.75) is 31.2 Å². The zero-order chi connectivity index (χ0) is 14.5. The summed E-state index contributed by atoms with van der Waals surface area (Å²) in [5.74, 6) is 0.455. The molecular weight excluding hydrogens is 264 g/mol. The van der Waals surface area contributed by atoms with Crippen LogP contribution in [0.3, 0.4) is 0 Å². The first kappa shape index (κ1) is 13.5. The molecule has 1 heterocycles. The van der Waals surface area contributed by atoms with Gasteiger partial charge >= 0.3 is 6.03 Å². The standard InChI is InChI=1S/C16H18N4O/c21-15(19-14-12-17-10-11-18-14)20-16(8-4-5-9-16)13-6-2-1-3-7-13/h1-3,6-7,10-12H,4-5,8-9H2,(H2,18,19,20,21). The third-order valence-electron chi connectivity index (χ3n) is 3.94. The van der Waals surface area contributed by atoms with Crippen LogP contribution in [0.4, 0.5) is 10.6 Å². The van der Waals surface area contributed by atoms with Crippen molar-refractivity contribution in [3.63, 3.8) is 0 Å². The Morgan fingerprint density at radius 2 is 1.86 bits per heavy atom. The van der Waals surface area contributed by atoms with Crippen LogP contribution in [0, 0.1) is 0 Å². The molecule has 0 atom stereocenters. The Kier molecular flexibility index (Phi) is 3.81. The Hall–Kier alpha value is -2.43. The molecule has 0 saturated heterocycles. The summed E-state index contributed by atoms with van der Waals surface area (Å²) in [5.41, 5.74) is 0.893. The monoisotopic (exact) mass is 282 g/mol. The molecule has 0 bridgehead atoms. The van der Waals surface area contributed by atoms with E-state index < -0.39 is 0 Å². The highest BCUT2D eigenvalue weighted by molar-refractivity contribution is 5.88. The third kappa shape index (κ3) is 3.02. The minimum atomic E-state index is -0.270. The van der Waals surface area contributed by atoms with Crippen molar-refractivity contribution in [1.29, 1.82) is 0 Å². The fourth-order valence-corrected chi connectivity index (χ4v) is 2.95. The first-order valence-electron chi connectivity index (χ1n) is 7.19. The van der Waals surface area contributed by atoms with Gasteiger partial charge in [-0.3, -0.25) is 10.3 Å². The van der Waals surface area contributed by atoms with Crippen molar-refractivity contribution in [1.82, 2.24) is 15.3 Å². The molecule has 5 heteroatoms. The van der Waals surface area contributed by atoms with Crippen LogP contribution in [0.5, 0.6) is 0 Å². The van der Waals surface area contributed by atoms with E-state index in [2.05, 4.69) is 32.7 Å². The second-order valence-electron chi connectivity index (χ2n) is 5.33. The molecule has 1 aliphatic carbocycles. The molecule has 5 nitrogen and oxygen atoms in total. The van der Waals surface area contributed by atoms with Crippen molar-refractivity contribution in [2.24, 2.45) is 0 Å². The van der Waals surface area contributed by atoms with E-state index in [0.717, 1.165) is 31.2 Å². The van der Waals surface area contributed by atoms with Crippen LogP contribution in [0.2, 0.25) is 0 Å². The number of anilines is 1. The number of carbonyl (C=O) groups excluding carboxylic acids is 1. The summed E-state index contributed by atoms with van der Waals surface area (Å²) in [5, 5.41) is 5.88. The predicted molar refractivity (Wildman–Crippen MR) is 80.8 cm³/mol. The van der Waals surface area contributed by atoms with Gasteiger partial charge in [-0.15, -0.1) is 0 Å². The molecule has 2 aromatic rings. The van der Waals surface area contributed by atoms with Crippen molar-refractivity contribution < 1.29 is 4.79 Å². The molecule has 0 unspecified atom stereocenters. The lowest BCUT2D eigenvalue weighted by Crippen LogP contribution is -2.45. The van der Waals surface area contributed by atoms with Gasteiger partial charge in [0.15, 0.2) is 5.82 Å². The maximum absolute atomic E-state index is 12.3. The maximum Gasteiger partial charge on any atom is 0.321 e. The van der Waals surface area contributed by atoms with Crippen LogP contribution in [0.15, 0.2) is 48.9 Å². The third-order valence-corrected chi connectivity index (χ3v) is 3.94. The minimum absolute atomic E-state index is 0.235. The topological polar surface area (TPSA) is 66.9 Å². The predicted octanol–water partition coefficient (Wildman–Crippen LogP) is 3.07. The van der Waals surface area contributed by atoms with Gasteiger partial charge in [-0.2, -0.15) is 0 Å². The summed E-state index contributed by atoms with van der Waals surface area (Å²) in [6, 6.07) is 9.93.